The standard InChI is InChI=1S/C19H14FN3O3S/c1-25-9-13-16-14(20)6-3-7-15(16)27-17(13)18(24)22-12-5-2-4-11(8-12)19-23-21-10-26-19/h2-8,10H,9H2,1H3,(H,22,24). The van der Waals surface area contributed by atoms with Crippen molar-refractivity contribution in [1.82, 2.24) is 10.2 Å². The number of carbonyl (C=O) groups is 1. The molecule has 6 nitrogen and oxygen atoms in total. The van der Waals surface area contributed by atoms with Crippen LogP contribution in [-0.2, 0) is 11.3 Å². The number of thiophene rings is 1. The zero-order chi connectivity index (χ0) is 18.8. The quantitative estimate of drug-likeness (QED) is 0.549. The van der Waals surface area contributed by atoms with E-state index in [1.165, 1.54) is 30.9 Å². The van der Waals surface area contributed by atoms with Crippen molar-refractivity contribution in [3.05, 3.63) is 65.1 Å². The molecule has 0 spiro atoms. The van der Waals surface area contributed by atoms with Crippen molar-refractivity contribution in [3.8, 4) is 11.5 Å². The molecule has 2 aromatic carbocycles. The molecule has 8 heteroatoms. The third-order valence-corrected chi connectivity index (χ3v) is 5.18. The van der Waals surface area contributed by atoms with Crippen LogP contribution in [0, 0.1) is 5.82 Å². The first-order valence-electron chi connectivity index (χ1n) is 8.04. The Morgan fingerprint density at radius 3 is 2.93 bits per heavy atom. The zero-order valence-electron chi connectivity index (χ0n) is 14.2. The van der Waals surface area contributed by atoms with Gasteiger partial charge in [-0.05, 0) is 30.3 Å². The number of methoxy groups -OCH3 is 1. The van der Waals surface area contributed by atoms with Crippen molar-refractivity contribution in [2.45, 2.75) is 6.61 Å². The molecule has 1 amide bonds. The summed E-state index contributed by atoms with van der Waals surface area (Å²) in [7, 11) is 1.51. The predicted octanol–water partition coefficient (Wildman–Crippen LogP) is 4.49. The molecule has 0 aliphatic carbocycles. The number of aromatic nitrogens is 2. The fourth-order valence-corrected chi connectivity index (χ4v) is 3.97. The molecule has 4 aromatic rings. The summed E-state index contributed by atoms with van der Waals surface area (Å²) in [5, 5.41) is 10.8. The molecule has 0 atom stereocenters. The summed E-state index contributed by atoms with van der Waals surface area (Å²) in [5.74, 6) is -0.339. The lowest BCUT2D eigenvalue weighted by Crippen LogP contribution is -2.12. The van der Waals surface area contributed by atoms with Gasteiger partial charge >= 0.3 is 0 Å². The van der Waals surface area contributed by atoms with Gasteiger partial charge < -0.3 is 14.5 Å². The van der Waals surface area contributed by atoms with E-state index in [9.17, 15) is 9.18 Å². The van der Waals surface area contributed by atoms with E-state index < -0.39 is 0 Å². The lowest BCUT2D eigenvalue weighted by atomic mass is 10.1. The number of anilines is 1. The van der Waals surface area contributed by atoms with Crippen LogP contribution in [0.5, 0.6) is 0 Å². The smallest absolute Gasteiger partial charge is 0.266 e. The van der Waals surface area contributed by atoms with Crippen molar-refractivity contribution in [3.63, 3.8) is 0 Å². The molecule has 27 heavy (non-hydrogen) atoms. The summed E-state index contributed by atoms with van der Waals surface area (Å²) in [6.07, 6.45) is 1.24. The summed E-state index contributed by atoms with van der Waals surface area (Å²) in [5.41, 5.74) is 1.79. The molecule has 136 valence electrons. The minimum Gasteiger partial charge on any atom is -0.423 e. The molecule has 0 fully saturated rings. The lowest BCUT2D eigenvalue weighted by molar-refractivity contribution is 0.102. The normalized spacial score (nSPS) is 11.0. The number of nitrogens with zero attached hydrogens (tertiary/aromatic N) is 2. The van der Waals surface area contributed by atoms with E-state index in [1.54, 1.807) is 36.4 Å². The lowest BCUT2D eigenvalue weighted by Gasteiger charge is -2.07. The van der Waals surface area contributed by atoms with Crippen LogP contribution >= 0.6 is 11.3 Å². The Hall–Kier alpha value is -3.10. The largest absolute Gasteiger partial charge is 0.423 e. The molecule has 1 N–H and O–H groups in total. The highest BCUT2D eigenvalue weighted by Gasteiger charge is 2.21. The highest BCUT2D eigenvalue weighted by atomic mass is 32.1. The second kappa shape index (κ2) is 7.26. The molecular weight excluding hydrogens is 369 g/mol. The minimum atomic E-state index is -0.367. The number of benzene rings is 2. The van der Waals surface area contributed by atoms with Gasteiger partial charge in [0.05, 0.1) is 11.5 Å². The van der Waals surface area contributed by atoms with Crippen LogP contribution in [0.4, 0.5) is 10.1 Å². The molecule has 2 heterocycles. The van der Waals surface area contributed by atoms with E-state index in [4.69, 9.17) is 9.15 Å². The zero-order valence-corrected chi connectivity index (χ0v) is 15.0. The van der Waals surface area contributed by atoms with Crippen LogP contribution in [0.15, 0.2) is 53.3 Å². The SMILES string of the molecule is COCc1c(C(=O)Nc2cccc(-c3nnco3)c2)sc2cccc(F)c12. The first-order valence-corrected chi connectivity index (χ1v) is 8.86. The highest BCUT2D eigenvalue weighted by Crippen LogP contribution is 2.34. The maximum Gasteiger partial charge on any atom is 0.266 e. The number of fused-ring (bicyclic) bond motifs is 1. The van der Waals surface area contributed by atoms with Gasteiger partial charge in [0, 0.05) is 34.0 Å². The number of ether oxygens (including phenoxy) is 1. The molecule has 0 saturated carbocycles. The monoisotopic (exact) mass is 383 g/mol. The number of halogens is 1. The van der Waals surface area contributed by atoms with Crippen LogP contribution in [0.3, 0.4) is 0 Å². The fraction of sp³-hybridized carbons (Fsp3) is 0.105. The van der Waals surface area contributed by atoms with Crippen LogP contribution in [0.1, 0.15) is 15.2 Å². The van der Waals surface area contributed by atoms with E-state index in [2.05, 4.69) is 15.5 Å². The first-order chi connectivity index (χ1) is 13.2. The van der Waals surface area contributed by atoms with Crippen molar-refractivity contribution >= 4 is 33.0 Å². The maximum atomic E-state index is 14.3. The third kappa shape index (κ3) is 3.32. The van der Waals surface area contributed by atoms with E-state index in [1.807, 2.05) is 0 Å². The number of hydrogen-bond acceptors (Lipinski definition) is 6. The van der Waals surface area contributed by atoms with Gasteiger partial charge in [0.1, 0.15) is 5.82 Å². The van der Waals surface area contributed by atoms with Gasteiger partial charge in [-0.2, -0.15) is 0 Å². The Morgan fingerprint density at radius 2 is 2.15 bits per heavy atom. The van der Waals surface area contributed by atoms with Gasteiger partial charge in [0.15, 0.2) is 0 Å². The maximum absolute atomic E-state index is 14.3. The van der Waals surface area contributed by atoms with Gasteiger partial charge in [0.2, 0.25) is 12.3 Å². The van der Waals surface area contributed by atoms with Gasteiger partial charge in [-0.1, -0.05) is 12.1 Å². The number of nitrogens with one attached hydrogen (secondary N) is 1. The molecule has 2 aromatic heterocycles. The average Bonchev–Trinajstić information content (AvgIpc) is 3.31. The van der Waals surface area contributed by atoms with Gasteiger partial charge in [-0.3, -0.25) is 4.79 Å². The third-order valence-electron chi connectivity index (χ3n) is 3.99. The number of amides is 1. The molecule has 0 unspecified atom stereocenters. The van der Waals surface area contributed by atoms with Crippen LogP contribution in [0.2, 0.25) is 0 Å². The Kier molecular flexibility index (Phi) is 4.66. The van der Waals surface area contributed by atoms with Gasteiger partial charge in [-0.15, -0.1) is 21.5 Å². The molecule has 0 aliphatic rings. The molecule has 4 rings (SSSR count). The molecule has 0 aliphatic heterocycles. The summed E-state index contributed by atoms with van der Waals surface area (Å²) in [6.45, 7) is 0.145. The van der Waals surface area contributed by atoms with E-state index in [0.29, 0.717) is 37.7 Å². The number of carbonyl (C=O) groups excluding carboxylic acids is 1. The average molecular weight is 383 g/mol. The van der Waals surface area contributed by atoms with Crippen LogP contribution in [0.25, 0.3) is 21.5 Å². The summed E-state index contributed by atoms with van der Waals surface area (Å²) in [4.78, 5) is 13.3. The van der Waals surface area contributed by atoms with Crippen LogP contribution < -0.4 is 5.32 Å². The van der Waals surface area contributed by atoms with E-state index >= 15 is 0 Å². The van der Waals surface area contributed by atoms with Crippen molar-refractivity contribution < 1.29 is 18.3 Å². The molecule has 0 radical (unpaired) electrons. The number of rotatable bonds is 5. The fourth-order valence-electron chi connectivity index (χ4n) is 2.85. The van der Waals surface area contributed by atoms with Crippen molar-refractivity contribution in [2.75, 3.05) is 12.4 Å². The summed E-state index contributed by atoms with van der Waals surface area (Å²) < 4.78 is 25.3. The van der Waals surface area contributed by atoms with Gasteiger partial charge in [-0.25, -0.2) is 4.39 Å². The molecule has 0 saturated heterocycles. The molecular formula is C19H14FN3O3S. The minimum absolute atomic E-state index is 0.145. The van der Waals surface area contributed by atoms with Gasteiger partial charge in [0.25, 0.3) is 5.91 Å². The summed E-state index contributed by atoms with van der Waals surface area (Å²) >= 11 is 1.23. The Bertz CT molecular complexity index is 1110. The Balaban J connectivity index is 1.69. The van der Waals surface area contributed by atoms with E-state index in [-0.39, 0.29) is 18.3 Å². The Labute approximate surface area is 157 Å². The Morgan fingerprint density at radius 1 is 1.30 bits per heavy atom. The van der Waals surface area contributed by atoms with Crippen molar-refractivity contribution in [1.29, 1.82) is 0 Å². The van der Waals surface area contributed by atoms with Crippen molar-refractivity contribution in [2.24, 2.45) is 0 Å². The van der Waals surface area contributed by atoms with E-state index in [0.717, 1.165) is 0 Å². The second-order valence-electron chi connectivity index (χ2n) is 5.73. The molecule has 0 bridgehead atoms. The topological polar surface area (TPSA) is 77.2 Å². The number of hydrogen-bond donors (Lipinski definition) is 1. The second-order valence-corrected chi connectivity index (χ2v) is 6.79. The first kappa shape index (κ1) is 17.3. The highest BCUT2D eigenvalue weighted by molar-refractivity contribution is 7.21. The van der Waals surface area contributed by atoms with Crippen LogP contribution in [-0.4, -0.2) is 23.2 Å². The summed E-state index contributed by atoms with van der Waals surface area (Å²) in [6, 6.07) is 11.8. The predicted molar refractivity (Wildman–Crippen MR) is 100 cm³/mol.